The van der Waals surface area contributed by atoms with Gasteiger partial charge in [-0.3, -0.25) is 23.6 Å². The average Bonchev–Trinajstić information content (AvgIpc) is 2.94. The molecule has 2 heterocycles. The van der Waals surface area contributed by atoms with Crippen LogP contribution in [0.4, 0.5) is 5.82 Å². The second-order valence-electron chi connectivity index (χ2n) is 5.86. The van der Waals surface area contributed by atoms with Crippen molar-refractivity contribution in [1.82, 2.24) is 14.0 Å². The van der Waals surface area contributed by atoms with Gasteiger partial charge in [-0.15, -0.1) is 11.3 Å². The van der Waals surface area contributed by atoms with E-state index in [4.69, 9.17) is 17.3 Å². The Hall–Kier alpha value is -1.90. The van der Waals surface area contributed by atoms with Gasteiger partial charge in [0.15, 0.2) is 5.78 Å². The molecule has 0 radical (unpaired) electrons. The number of likely N-dealkylation sites (N-methyl/N-ethyl adjacent to an activating group) is 1. The van der Waals surface area contributed by atoms with Gasteiger partial charge in [-0.25, -0.2) is 4.79 Å². The van der Waals surface area contributed by atoms with E-state index < -0.39 is 17.0 Å². The highest BCUT2D eigenvalue weighted by Gasteiger charge is 2.22. The lowest BCUT2D eigenvalue weighted by Crippen LogP contribution is -2.43. The number of thiophene rings is 1. The van der Waals surface area contributed by atoms with Crippen molar-refractivity contribution in [2.24, 2.45) is 7.05 Å². The maximum Gasteiger partial charge on any atom is 0.332 e. The number of carbonyl (C=O) groups excluding carboxylic acids is 1. The molecular weight excluding hydrogens is 364 g/mol. The molecule has 2 rings (SSSR count). The van der Waals surface area contributed by atoms with Crippen LogP contribution in [0.1, 0.15) is 28.6 Å². The highest BCUT2D eigenvalue weighted by atomic mass is 35.5. The highest BCUT2D eigenvalue weighted by Crippen LogP contribution is 2.22. The number of halogens is 1. The summed E-state index contributed by atoms with van der Waals surface area (Å²) >= 11 is 7.34. The van der Waals surface area contributed by atoms with Crippen LogP contribution >= 0.6 is 22.9 Å². The summed E-state index contributed by atoms with van der Waals surface area (Å²) in [6.07, 6.45) is 0.662. The Morgan fingerprint density at radius 3 is 2.60 bits per heavy atom. The topological polar surface area (TPSA) is 90.3 Å². The lowest BCUT2D eigenvalue weighted by Gasteiger charge is -2.17. The van der Waals surface area contributed by atoms with Gasteiger partial charge in [0.05, 0.1) is 10.9 Å². The molecular formula is C16H21ClN4O3S. The molecule has 2 aromatic heterocycles. The second-order valence-corrected chi connectivity index (χ2v) is 7.66. The Balaban J connectivity index is 2.29. The normalized spacial score (nSPS) is 11.2. The first kappa shape index (κ1) is 19.4. The minimum atomic E-state index is -0.660. The predicted octanol–water partition coefficient (Wildman–Crippen LogP) is 1.57. The first-order chi connectivity index (χ1) is 11.8. The first-order valence-corrected chi connectivity index (χ1v) is 9.01. The maximum absolute atomic E-state index is 12.6. The van der Waals surface area contributed by atoms with Crippen LogP contribution in [-0.2, 0) is 20.1 Å². The molecule has 0 saturated carbocycles. The molecule has 2 aromatic rings. The van der Waals surface area contributed by atoms with E-state index in [0.29, 0.717) is 23.8 Å². The lowest BCUT2D eigenvalue weighted by atomic mass is 10.1. The number of nitrogen functional groups attached to an aromatic ring is 1. The van der Waals surface area contributed by atoms with E-state index in [1.807, 2.05) is 13.0 Å². The number of Topliss-reactive ketones (excluding diaryl/α,β-unsaturated/α-hetero) is 1. The van der Waals surface area contributed by atoms with Crippen LogP contribution in [0, 0.1) is 0 Å². The van der Waals surface area contributed by atoms with E-state index in [1.165, 1.54) is 23.0 Å². The fourth-order valence-corrected chi connectivity index (χ4v) is 3.74. The van der Waals surface area contributed by atoms with E-state index in [9.17, 15) is 14.4 Å². The van der Waals surface area contributed by atoms with Crippen molar-refractivity contribution in [3.05, 3.63) is 47.7 Å². The van der Waals surface area contributed by atoms with Crippen molar-refractivity contribution in [2.75, 3.05) is 19.3 Å². The minimum Gasteiger partial charge on any atom is -0.384 e. The SMILES string of the molecule is CCCn1c(N)c(C(=O)CN(C)Cc2ccc(Cl)s2)c(=O)n(C)c1=O. The van der Waals surface area contributed by atoms with Crippen LogP contribution in [0.25, 0.3) is 0 Å². The Labute approximate surface area is 154 Å². The van der Waals surface area contributed by atoms with E-state index in [2.05, 4.69) is 0 Å². The number of anilines is 1. The molecule has 0 saturated heterocycles. The molecule has 25 heavy (non-hydrogen) atoms. The quantitative estimate of drug-likeness (QED) is 0.732. The molecule has 0 bridgehead atoms. The van der Waals surface area contributed by atoms with Gasteiger partial charge in [-0.1, -0.05) is 18.5 Å². The summed E-state index contributed by atoms with van der Waals surface area (Å²) in [6.45, 7) is 2.78. The second kappa shape index (κ2) is 7.99. The van der Waals surface area contributed by atoms with Crippen LogP contribution in [0.3, 0.4) is 0 Å². The van der Waals surface area contributed by atoms with Crippen molar-refractivity contribution >= 4 is 34.5 Å². The van der Waals surface area contributed by atoms with Gasteiger partial charge in [-0.05, 0) is 25.6 Å². The summed E-state index contributed by atoms with van der Waals surface area (Å²) in [5, 5.41) is 0. The molecule has 136 valence electrons. The smallest absolute Gasteiger partial charge is 0.332 e. The molecule has 0 fully saturated rings. The molecule has 0 aliphatic heterocycles. The summed E-state index contributed by atoms with van der Waals surface area (Å²) in [4.78, 5) is 39.9. The summed E-state index contributed by atoms with van der Waals surface area (Å²) in [6, 6.07) is 3.69. The minimum absolute atomic E-state index is 0.0132. The van der Waals surface area contributed by atoms with E-state index >= 15 is 0 Å². The summed E-state index contributed by atoms with van der Waals surface area (Å²) in [5.74, 6) is -0.472. The Morgan fingerprint density at radius 2 is 2.04 bits per heavy atom. The molecule has 7 nitrogen and oxygen atoms in total. The fourth-order valence-electron chi connectivity index (χ4n) is 2.57. The zero-order chi connectivity index (χ0) is 18.7. The number of rotatable bonds is 7. The molecule has 0 aliphatic carbocycles. The van der Waals surface area contributed by atoms with Crippen LogP contribution in [0.15, 0.2) is 21.7 Å². The van der Waals surface area contributed by atoms with Crippen molar-refractivity contribution < 1.29 is 4.79 Å². The standard InChI is InChI=1S/C16H21ClN4O3S/c1-4-7-21-14(18)13(15(23)20(3)16(21)24)11(22)9-19(2)8-10-5-6-12(17)25-10/h5-6H,4,7-9,18H2,1-3H3. The van der Waals surface area contributed by atoms with E-state index in [1.54, 1.807) is 18.0 Å². The lowest BCUT2D eigenvalue weighted by molar-refractivity contribution is 0.0941. The van der Waals surface area contributed by atoms with E-state index in [-0.39, 0.29) is 17.9 Å². The third-order valence-electron chi connectivity index (χ3n) is 3.78. The number of hydrogen-bond acceptors (Lipinski definition) is 6. The Bertz CT molecular complexity index is 900. The summed E-state index contributed by atoms with van der Waals surface area (Å²) < 4.78 is 2.88. The number of aromatic nitrogens is 2. The Morgan fingerprint density at radius 1 is 1.36 bits per heavy atom. The molecule has 9 heteroatoms. The predicted molar refractivity (Wildman–Crippen MR) is 101 cm³/mol. The molecule has 0 aromatic carbocycles. The third kappa shape index (κ3) is 4.20. The van der Waals surface area contributed by atoms with Gasteiger partial charge in [0.25, 0.3) is 5.56 Å². The number of nitrogens with zero attached hydrogens (tertiary/aromatic N) is 3. The fraction of sp³-hybridized carbons (Fsp3) is 0.438. The molecule has 0 spiro atoms. The molecule has 0 aliphatic rings. The van der Waals surface area contributed by atoms with Gasteiger partial charge >= 0.3 is 5.69 Å². The van der Waals surface area contributed by atoms with Crippen molar-refractivity contribution in [2.45, 2.75) is 26.4 Å². The molecule has 0 amide bonds. The molecule has 0 unspecified atom stereocenters. The van der Waals surface area contributed by atoms with Crippen molar-refractivity contribution in [3.63, 3.8) is 0 Å². The van der Waals surface area contributed by atoms with Crippen LogP contribution in [-0.4, -0.2) is 33.4 Å². The zero-order valence-corrected chi connectivity index (χ0v) is 16.0. The van der Waals surface area contributed by atoms with E-state index in [0.717, 1.165) is 9.44 Å². The van der Waals surface area contributed by atoms with Crippen molar-refractivity contribution in [3.8, 4) is 0 Å². The largest absolute Gasteiger partial charge is 0.384 e. The van der Waals surface area contributed by atoms with Gasteiger partial charge in [0.1, 0.15) is 11.4 Å². The van der Waals surface area contributed by atoms with Gasteiger partial charge < -0.3 is 5.73 Å². The number of ketones is 1. The maximum atomic E-state index is 12.6. The molecule has 0 atom stereocenters. The number of hydrogen-bond donors (Lipinski definition) is 1. The number of nitrogens with two attached hydrogens (primary N) is 1. The van der Waals surface area contributed by atoms with Gasteiger partial charge in [0.2, 0.25) is 0 Å². The zero-order valence-electron chi connectivity index (χ0n) is 14.4. The van der Waals surface area contributed by atoms with Crippen LogP contribution < -0.4 is 17.0 Å². The summed E-state index contributed by atoms with van der Waals surface area (Å²) in [5.41, 5.74) is 4.66. The number of carbonyl (C=O) groups is 1. The van der Waals surface area contributed by atoms with Gasteiger partial charge in [0, 0.05) is 25.0 Å². The van der Waals surface area contributed by atoms with Crippen LogP contribution in [0.2, 0.25) is 4.34 Å². The van der Waals surface area contributed by atoms with Crippen LogP contribution in [0.5, 0.6) is 0 Å². The van der Waals surface area contributed by atoms with Gasteiger partial charge in [-0.2, -0.15) is 0 Å². The third-order valence-corrected chi connectivity index (χ3v) is 4.99. The monoisotopic (exact) mass is 384 g/mol. The average molecular weight is 385 g/mol. The Kier molecular flexibility index (Phi) is 6.21. The molecule has 2 N–H and O–H groups in total. The summed E-state index contributed by atoms with van der Waals surface area (Å²) in [7, 11) is 3.12. The van der Waals surface area contributed by atoms with Crippen molar-refractivity contribution in [1.29, 1.82) is 0 Å². The first-order valence-electron chi connectivity index (χ1n) is 7.81. The highest BCUT2D eigenvalue weighted by molar-refractivity contribution is 7.16.